The molecule has 0 radical (unpaired) electrons. The van der Waals surface area contributed by atoms with E-state index in [0.29, 0.717) is 18.0 Å². The van der Waals surface area contributed by atoms with Gasteiger partial charge < -0.3 is 14.4 Å². The van der Waals surface area contributed by atoms with E-state index in [4.69, 9.17) is 4.52 Å². The van der Waals surface area contributed by atoms with Crippen molar-refractivity contribution in [2.45, 2.75) is 46.6 Å². The Hall–Kier alpha value is -2.44. The van der Waals surface area contributed by atoms with Crippen molar-refractivity contribution in [1.29, 1.82) is 0 Å². The third-order valence-corrected chi connectivity index (χ3v) is 3.69. The Morgan fingerprint density at radius 3 is 2.52 bits per heavy atom. The lowest BCUT2D eigenvalue weighted by Gasteiger charge is -2.20. The summed E-state index contributed by atoms with van der Waals surface area (Å²) in [7, 11) is 1.66. The monoisotopic (exact) mass is 318 g/mol. The number of nitrogens with one attached hydrogen (secondary N) is 1. The number of aryl methyl sites for hydroxylation is 2. The van der Waals surface area contributed by atoms with Gasteiger partial charge in [0.1, 0.15) is 11.5 Å². The van der Waals surface area contributed by atoms with E-state index >= 15 is 0 Å². The zero-order valence-electron chi connectivity index (χ0n) is 14.4. The Balaban J connectivity index is 2.30. The van der Waals surface area contributed by atoms with E-state index < -0.39 is 5.69 Å². The second kappa shape index (κ2) is 5.98. The molecule has 0 atom stereocenters. The predicted octanol–water partition coefficient (Wildman–Crippen LogP) is 1.94. The van der Waals surface area contributed by atoms with E-state index in [1.165, 1.54) is 4.90 Å². The Labute approximate surface area is 134 Å². The van der Waals surface area contributed by atoms with Crippen LogP contribution in [0.5, 0.6) is 0 Å². The van der Waals surface area contributed by atoms with Crippen molar-refractivity contribution < 1.29 is 9.32 Å². The van der Waals surface area contributed by atoms with Crippen LogP contribution in [-0.4, -0.2) is 33.0 Å². The highest BCUT2D eigenvalue weighted by Crippen LogP contribution is 2.20. The first-order chi connectivity index (χ1) is 10.6. The van der Waals surface area contributed by atoms with Crippen LogP contribution in [0.3, 0.4) is 0 Å². The van der Waals surface area contributed by atoms with Crippen LogP contribution in [0.1, 0.15) is 54.0 Å². The summed E-state index contributed by atoms with van der Waals surface area (Å²) in [5, 5.41) is 3.88. The highest BCUT2D eigenvalue weighted by Gasteiger charge is 2.22. The largest absolute Gasteiger partial charge is 0.361 e. The van der Waals surface area contributed by atoms with Gasteiger partial charge in [0.25, 0.3) is 5.91 Å². The zero-order chi connectivity index (χ0) is 17.4. The number of amides is 1. The Morgan fingerprint density at radius 1 is 1.35 bits per heavy atom. The van der Waals surface area contributed by atoms with Gasteiger partial charge in [-0.05, 0) is 19.9 Å². The molecule has 23 heavy (non-hydrogen) atoms. The van der Waals surface area contributed by atoms with E-state index in [-0.39, 0.29) is 17.0 Å². The van der Waals surface area contributed by atoms with Crippen molar-refractivity contribution in [3.8, 4) is 0 Å². The van der Waals surface area contributed by atoms with Crippen molar-refractivity contribution in [2.75, 3.05) is 7.05 Å². The maximum absolute atomic E-state index is 12.6. The summed E-state index contributed by atoms with van der Waals surface area (Å²) < 4.78 is 5.11. The number of hydrogen-bond acceptors (Lipinski definition) is 5. The van der Waals surface area contributed by atoms with Gasteiger partial charge in [-0.15, -0.1) is 0 Å². The molecule has 2 rings (SSSR count). The number of carbonyl (C=O) groups is 1. The van der Waals surface area contributed by atoms with E-state index in [1.54, 1.807) is 20.0 Å². The molecule has 0 fully saturated rings. The number of aromatic nitrogens is 3. The van der Waals surface area contributed by atoms with Gasteiger partial charge in [0.2, 0.25) is 0 Å². The summed E-state index contributed by atoms with van der Waals surface area (Å²) in [5.41, 5.74) is 1.61. The second-order valence-corrected chi connectivity index (χ2v) is 6.70. The first-order valence-corrected chi connectivity index (χ1v) is 7.38. The molecule has 2 aromatic rings. The molecule has 0 aliphatic heterocycles. The van der Waals surface area contributed by atoms with Gasteiger partial charge in [0, 0.05) is 23.7 Å². The van der Waals surface area contributed by atoms with Crippen LogP contribution in [0.25, 0.3) is 0 Å². The van der Waals surface area contributed by atoms with Gasteiger partial charge in [-0.2, -0.15) is 4.98 Å². The lowest BCUT2D eigenvalue weighted by atomic mass is 9.91. The molecule has 0 aromatic carbocycles. The zero-order valence-corrected chi connectivity index (χ0v) is 14.4. The summed E-state index contributed by atoms with van der Waals surface area (Å²) in [6.07, 6.45) is 0. The summed E-state index contributed by atoms with van der Waals surface area (Å²) >= 11 is 0. The molecule has 0 unspecified atom stereocenters. The maximum atomic E-state index is 12.6. The molecule has 7 nitrogen and oxygen atoms in total. The third-order valence-electron chi connectivity index (χ3n) is 3.69. The molecule has 124 valence electrons. The summed E-state index contributed by atoms with van der Waals surface area (Å²) in [6.45, 7) is 9.85. The van der Waals surface area contributed by atoms with Crippen molar-refractivity contribution in [2.24, 2.45) is 0 Å². The van der Waals surface area contributed by atoms with Crippen molar-refractivity contribution in [3.63, 3.8) is 0 Å². The fourth-order valence-corrected chi connectivity index (χ4v) is 2.20. The molecule has 1 amide bonds. The number of aromatic amines is 1. The van der Waals surface area contributed by atoms with Gasteiger partial charge in [-0.1, -0.05) is 25.9 Å². The fraction of sp³-hybridized carbons (Fsp3) is 0.500. The Kier molecular flexibility index (Phi) is 4.40. The van der Waals surface area contributed by atoms with Crippen LogP contribution in [0.2, 0.25) is 0 Å². The number of carbonyl (C=O) groups excluding carboxylic acids is 1. The van der Waals surface area contributed by atoms with Gasteiger partial charge in [-0.3, -0.25) is 4.79 Å². The molecule has 0 aliphatic rings. The molecule has 0 saturated heterocycles. The minimum atomic E-state index is -0.522. The minimum absolute atomic E-state index is 0.132. The van der Waals surface area contributed by atoms with Crippen molar-refractivity contribution >= 4 is 5.91 Å². The van der Waals surface area contributed by atoms with Gasteiger partial charge in [0.05, 0.1) is 12.2 Å². The summed E-state index contributed by atoms with van der Waals surface area (Å²) in [6, 6.07) is 1.63. The fourth-order valence-electron chi connectivity index (χ4n) is 2.20. The van der Waals surface area contributed by atoms with E-state index in [0.717, 1.165) is 11.3 Å². The topological polar surface area (TPSA) is 92.1 Å². The van der Waals surface area contributed by atoms with Crippen LogP contribution in [0.15, 0.2) is 15.4 Å². The van der Waals surface area contributed by atoms with Crippen LogP contribution in [0.4, 0.5) is 0 Å². The average molecular weight is 318 g/mol. The number of H-pyrrole nitrogens is 1. The van der Waals surface area contributed by atoms with E-state index in [1.807, 2.05) is 27.7 Å². The highest BCUT2D eigenvalue weighted by atomic mass is 16.5. The first kappa shape index (κ1) is 16.9. The molecule has 7 heteroatoms. The SMILES string of the molecule is Cc1noc(C)c1CN(C)C(=O)c1cc(C(C)(C)C)[nH]c(=O)n1. The quantitative estimate of drug-likeness (QED) is 0.933. The molecular formula is C16H22N4O3. The lowest BCUT2D eigenvalue weighted by molar-refractivity contribution is 0.0778. The molecule has 0 spiro atoms. The molecule has 0 saturated carbocycles. The van der Waals surface area contributed by atoms with Crippen LogP contribution >= 0.6 is 0 Å². The standard InChI is InChI=1S/C16H22N4O3/c1-9-11(10(2)23-19-9)8-20(6)14(21)12-7-13(16(3,4)5)18-15(22)17-12/h7H,8H2,1-6H3,(H,17,18,22). The molecule has 0 aliphatic carbocycles. The maximum Gasteiger partial charge on any atom is 0.345 e. The number of nitrogens with zero attached hydrogens (tertiary/aromatic N) is 3. The van der Waals surface area contributed by atoms with Gasteiger partial charge in [0.15, 0.2) is 0 Å². The van der Waals surface area contributed by atoms with Crippen molar-refractivity contribution in [1.82, 2.24) is 20.0 Å². The normalized spacial score (nSPS) is 11.6. The van der Waals surface area contributed by atoms with Crippen LogP contribution in [0, 0.1) is 13.8 Å². The second-order valence-electron chi connectivity index (χ2n) is 6.70. The smallest absolute Gasteiger partial charge is 0.345 e. The number of rotatable bonds is 3. The third kappa shape index (κ3) is 3.67. The Bertz CT molecular complexity index is 764. The van der Waals surface area contributed by atoms with E-state index in [9.17, 15) is 9.59 Å². The molecule has 1 N–H and O–H groups in total. The molecule has 2 heterocycles. The summed E-state index contributed by atoms with van der Waals surface area (Å²) in [5.74, 6) is 0.359. The highest BCUT2D eigenvalue weighted by molar-refractivity contribution is 5.92. The number of hydrogen-bond donors (Lipinski definition) is 1. The minimum Gasteiger partial charge on any atom is -0.361 e. The van der Waals surface area contributed by atoms with Crippen molar-refractivity contribution in [3.05, 3.63) is 45.0 Å². The van der Waals surface area contributed by atoms with Gasteiger partial charge in [-0.25, -0.2) is 4.79 Å². The van der Waals surface area contributed by atoms with Crippen LogP contribution in [-0.2, 0) is 12.0 Å². The van der Waals surface area contributed by atoms with Gasteiger partial charge >= 0.3 is 5.69 Å². The first-order valence-electron chi connectivity index (χ1n) is 7.38. The predicted molar refractivity (Wildman–Crippen MR) is 85.3 cm³/mol. The average Bonchev–Trinajstić information content (AvgIpc) is 2.76. The molecule has 2 aromatic heterocycles. The lowest BCUT2D eigenvalue weighted by Crippen LogP contribution is -2.31. The summed E-state index contributed by atoms with van der Waals surface area (Å²) in [4.78, 5) is 32.3. The molecule has 0 bridgehead atoms. The van der Waals surface area contributed by atoms with Crippen LogP contribution < -0.4 is 5.69 Å². The molecular weight excluding hydrogens is 296 g/mol. The van der Waals surface area contributed by atoms with E-state index in [2.05, 4.69) is 15.1 Å². The Morgan fingerprint density at radius 2 is 2.00 bits per heavy atom.